The number of carbonyl (C=O) groups is 2. The number of methoxy groups -OCH3 is 1. The van der Waals surface area contributed by atoms with E-state index in [1.54, 1.807) is 30.3 Å². The maximum absolute atomic E-state index is 13.4. The maximum atomic E-state index is 13.4. The van der Waals surface area contributed by atoms with E-state index in [9.17, 15) is 20.2 Å². The summed E-state index contributed by atoms with van der Waals surface area (Å²) in [6.45, 7) is 0.0967. The van der Waals surface area contributed by atoms with Crippen LogP contribution in [0.2, 0.25) is 0 Å². The molecule has 56 heavy (non-hydrogen) atoms. The molecule has 292 valence electrons. The van der Waals surface area contributed by atoms with Crippen molar-refractivity contribution in [2.75, 3.05) is 13.7 Å². The monoisotopic (exact) mass is 767 g/mol. The first-order valence-electron chi connectivity index (χ1n) is 18.1. The zero-order valence-corrected chi connectivity index (χ0v) is 30.3. The van der Waals surface area contributed by atoms with Crippen molar-refractivity contribution in [3.63, 3.8) is 0 Å². The fourth-order valence-electron chi connectivity index (χ4n) is 6.88. The topological polar surface area (TPSA) is 186 Å². The number of hydrogen-bond donors (Lipinski definition) is 1. The van der Waals surface area contributed by atoms with Gasteiger partial charge in [-0.2, -0.15) is 0 Å². The first-order valence-corrected chi connectivity index (χ1v) is 18.1. The number of azide groups is 1. The van der Waals surface area contributed by atoms with Gasteiger partial charge in [0, 0.05) is 10.5 Å². The van der Waals surface area contributed by atoms with Gasteiger partial charge in [0.25, 0.3) is 0 Å². The SMILES string of the molecule is COC(=O)[C@@H]1O[C@H](O)[C@H](OC(=O)c2ccccc2)[C@@H](OCc2ccccc2)[C@@H]1O[C@H]1O[C@@H]2CO[C@@H](c3ccccc3)O[C@H]2[C@H](OCc2ccccc2)[C@H]1N=[N+]=[N-]. The number of hydrogen-bond acceptors (Lipinski definition) is 13. The molecule has 4 aromatic carbocycles. The molecule has 0 aliphatic carbocycles. The smallest absolute Gasteiger partial charge is 0.338 e. The van der Waals surface area contributed by atoms with Crippen LogP contribution in [0, 0.1) is 0 Å². The summed E-state index contributed by atoms with van der Waals surface area (Å²) in [5.41, 5.74) is 12.4. The number of benzene rings is 4. The van der Waals surface area contributed by atoms with Crippen LogP contribution < -0.4 is 0 Å². The van der Waals surface area contributed by atoms with E-state index in [0.29, 0.717) is 0 Å². The van der Waals surface area contributed by atoms with Gasteiger partial charge in [-0.05, 0) is 28.8 Å². The normalized spacial score (nSPS) is 29.9. The van der Waals surface area contributed by atoms with Crippen LogP contribution in [0.1, 0.15) is 33.3 Å². The molecule has 0 spiro atoms. The minimum absolute atomic E-state index is 0.0316. The molecule has 3 aliphatic heterocycles. The Morgan fingerprint density at radius 2 is 1.36 bits per heavy atom. The first kappa shape index (κ1) is 39.1. The lowest BCUT2D eigenvalue weighted by Gasteiger charge is -2.50. The van der Waals surface area contributed by atoms with E-state index in [-0.39, 0.29) is 25.4 Å². The minimum atomic E-state index is -1.85. The van der Waals surface area contributed by atoms with Crippen LogP contribution in [0.15, 0.2) is 126 Å². The molecular weight excluding hydrogens is 726 g/mol. The van der Waals surface area contributed by atoms with Crippen molar-refractivity contribution in [3.05, 3.63) is 154 Å². The Hall–Kier alpha value is -5.19. The average Bonchev–Trinajstić information content (AvgIpc) is 3.25. The largest absolute Gasteiger partial charge is 0.467 e. The van der Waals surface area contributed by atoms with Gasteiger partial charge in [0.05, 0.1) is 32.5 Å². The van der Waals surface area contributed by atoms with Crippen LogP contribution in [0.4, 0.5) is 0 Å². The fraction of sp³-hybridized carbons (Fsp3) is 0.366. The highest BCUT2D eigenvalue weighted by Crippen LogP contribution is 2.39. The van der Waals surface area contributed by atoms with Crippen LogP contribution in [0.25, 0.3) is 10.4 Å². The molecule has 15 nitrogen and oxygen atoms in total. The van der Waals surface area contributed by atoms with Gasteiger partial charge in [-0.3, -0.25) is 0 Å². The second-order valence-electron chi connectivity index (χ2n) is 13.2. The van der Waals surface area contributed by atoms with E-state index in [1.165, 1.54) is 0 Å². The Labute approximate surface area is 322 Å². The average molecular weight is 768 g/mol. The third-order valence-electron chi connectivity index (χ3n) is 9.62. The third kappa shape index (κ3) is 9.09. The van der Waals surface area contributed by atoms with Gasteiger partial charge >= 0.3 is 11.9 Å². The van der Waals surface area contributed by atoms with E-state index in [4.69, 9.17) is 42.6 Å². The van der Waals surface area contributed by atoms with Crippen molar-refractivity contribution >= 4 is 11.9 Å². The van der Waals surface area contributed by atoms with Crippen molar-refractivity contribution in [2.45, 2.75) is 80.9 Å². The van der Waals surface area contributed by atoms with E-state index in [1.807, 2.05) is 91.0 Å². The van der Waals surface area contributed by atoms with Crippen molar-refractivity contribution in [2.24, 2.45) is 5.11 Å². The van der Waals surface area contributed by atoms with Crippen molar-refractivity contribution in [1.82, 2.24) is 0 Å². The number of nitrogens with zero attached hydrogens (tertiary/aromatic N) is 3. The molecule has 0 bridgehead atoms. The van der Waals surface area contributed by atoms with Gasteiger partial charge < -0.3 is 47.7 Å². The van der Waals surface area contributed by atoms with Gasteiger partial charge in [-0.25, -0.2) is 9.59 Å². The van der Waals surface area contributed by atoms with Crippen molar-refractivity contribution in [1.29, 1.82) is 0 Å². The summed E-state index contributed by atoms with van der Waals surface area (Å²) in [4.78, 5) is 29.9. The van der Waals surface area contributed by atoms with Crippen molar-refractivity contribution < 1.29 is 57.3 Å². The van der Waals surface area contributed by atoms with Gasteiger partial charge in [-0.15, -0.1) is 0 Å². The molecule has 7 rings (SSSR count). The maximum Gasteiger partial charge on any atom is 0.338 e. The Kier molecular flexibility index (Phi) is 13.0. The Morgan fingerprint density at radius 3 is 1.96 bits per heavy atom. The lowest BCUT2D eigenvalue weighted by atomic mass is 9.94. The summed E-state index contributed by atoms with van der Waals surface area (Å²) in [7, 11) is 1.15. The summed E-state index contributed by atoms with van der Waals surface area (Å²) >= 11 is 0. The quantitative estimate of drug-likeness (QED) is 0.0815. The molecule has 0 radical (unpaired) electrons. The molecule has 4 aromatic rings. The summed E-state index contributed by atoms with van der Waals surface area (Å²) in [6, 6.07) is 34.8. The zero-order valence-electron chi connectivity index (χ0n) is 30.3. The summed E-state index contributed by atoms with van der Waals surface area (Å²) < 4.78 is 55.2. The highest BCUT2D eigenvalue weighted by atomic mass is 16.8. The Morgan fingerprint density at radius 1 is 0.768 bits per heavy atom. The van der Waals surface area contributed by atoms with Crippen LogP contribution >= 0.6 is 0 Å². The second kappa shape index (κ2) is 18.6. The Bertz CT molecular complexity index is 1920. The molecule has 1 N–H and O–H groups in total. The van der Waals surface area contributed by atoms with E-state index in [2.05, 4.69) is 10.0 Å². The lowest BCUT2D eigenvalue weighted by Crippen LogP contribution is -2.67. The van der Waals surface area contributed by atoms with E-state index >= 15 is 0 Å². The first-order chi connectivity index (χ1) is 27.4. The third-order valence-corrected chi connectivity index (χ3v) is 9.62. The molecule has 0 aromatic heterocycles. The molecule has 3 aliphatic rings. The molecular formula is C41H41N3O12. The minimum Gasteiger partial charge on any atom is -0.467 e. The number of rotatable bonds is 13. The van der Waals surface area contributed by atoms with Gasteiger partial charge in [-0.1, -0.05) is 114 Å². The van der Waals surface area contributed by atoms with E-state index in [0.717, 1.165) is 23.8 Å². The summed E-state index contributed by atoms with van der Waals surface area (Å²) in [5.74, 6) is -1.71. The van der Waals surface area contributed by atoms with Gasteiger partial charge in [0.15, 0.2) is 31.1 Å². The molecule has 0 unspecified atom stereocenters. The predicted molar refractivity (Wildman–Crippen MR) is 195 cm³/mol. The number of esters is 2. The molecule has 0 saturated carbocycles. The zero-order chi connectivity index (χ0) is 38.9. The number of ether oxygens (including phenoxy) is 9. The molecule has 0 amide bonds. The Balaban J connectivity index is 1.23. The van der Waals surface area contributed by atoms with Gasteiger partial charge in [0.1, 0.15) is 36.6 Å². The van der Waals surface area contributed by atoms with Crippen LogP contribution in [0.5, 0.6) is 0 Å². The summed E-state index contributed by atoms with van der Waals surface area (Å²) in [6.07, 6.45) is -12.6. The summed E-state index contributed by atoms with van der Waals surface area (Å²) in [5, 5.41) is 15.4. The van der Waals surface area contributed by atoms with Crippen LogP contribution in [-0.4, -0.2) is 92.1 Å². The number of carbonyl (C=O) groups excluding carboxylic acids is 2. The number of aliphatic hydroxyl groups is 1. The number of fused-ring (bicyclic) bond motifs is 1. The molecule has 3 fully saturated rings. The van der Waals surface area contributed by atoms with E-state index < -0.39 is 79.6 Å². The van der Waals surface area contributed by atoms with Crippen LogP contribution in [0.3, 0.4) is 0 Å². The van der Waals surface area contributed by atoms with Crippen LogP contribution in [-0.2, 0) is 60.6 Å². The molecule has 3 heterocycles. The molecule has 3 saturated heterocycles. The second-order valence-corrected chi connectivity index (χ2v) is 13.2. The van der Waals surface area contributed by atoms with Crippen molar-refractivity contribution in [3.8, 4) is 0 Å². The molecule has 15 heteroatoms. The predicted octanol–water partition coefficient (Wildman–Crippen LogP) is 5.18. The van der Waals surface area contributed by atoms with Gasteiger partial charge in [0.2, 0.25) is 0 Å². The standard InChI is InChI=1S/C41H41N3O12/c1-48-38(46)36-34(33(50-23-26-16-8-3-9-17-26)35(39(47)54-36)53-37(45)27-18-10-4-11-19-27)56-41-30(43-44-42)32(49-22-25-14-6-2-7-15-25)31-29(52-41)24-51-40(55-31)28-20-12-5-13-21-28/h2-21,29-36,39-41,47H,22-24H2,1H3/t29-,30-,31-,32-,33+,34+,35-,36-,39+,40-,41-/m1/s1. The highest BCUT2D eigenvalue weighted by Gasteiger charge is 2.57. The lowest BCUT2D eigenvalue weighted by molar-refractivity contribution is -0.370. The highest BCUT2D eigenvalue weighted by molar-refractivity contribution is 5.89. The fourth-order valence-corrected chi connectivity index (χ4v) is 6.88. The molecule has 11 atom stereocenters. The number of aliphatic hydroxyl groups excluding tert-OH is 1.